The number of aliphatic hydroxyl groups is 1. The number of esters is 1. The summed E-state index contributed by atoms with van der Waals surface area (Å²) in [5.74, 6) is -1.83. The molecule has 0 radical (unpaired) electrons. The van der Waals surface area contributed by atoms with E-state index in [4.69, 9.17) is 14.2 Å². The number of methoxy groups -OCH3 is 3. The number of hydrogen-bond donors (Lipinski definition) is 1. The Bertz CT molecular complexity index is 1370. The van der Waals surface area contributed by atoms with Gasteiger partial charge in [0, 0.05) is 5.69 Å². The molecule has 1 heterocycles. The van der Waals surface area contributed by atoms with E-state index in [1.165, 1.54) is 26.2 Å². The molecule has 3 aromatic carbocycles. The Morgan fingerprint density at radius 1 is 0.892 bits per heavy atom. The van der Waals surface area contributed by atoms with Crippen molar-refractivity contribution in [3.8, 4) is 11.5 Å². The fourth-order valence-corrected chi connectivity index (χ4v) is 4.52. The third-order valence-corrected chi connectivity index (χ3v) is 6.38. The zero-order chi connectivity index (χ0) is 26.7. The number of aryl methyl sites for hydroxylation is 1. The number of ketones is 1. The lowest BCUT2D eigenvalue weighted by molar-refractivity contribution is -0.139. The van der Waals surface area contributed by atoms with Gasteiger partial charge in [0.25, 0.3) is 11.7 Å². The minimum Gasteiger partial charge on any atom is -0.506 e. The molecule has 8 nitrogen and oxygen atoms in total. The second-order valence-electron chi connectivity index (χ2n) is 8.48. The van der Waals surface area contributed by atoms with Crippen molar-refractivity contribution in [3.63, 3.8) is 0 Å². The number of rotatable bonds is 7. The largest absolute Gasteiger partial charge is 0.506 e. The van der Waals surface area contributed by atoms with E-state index in [1.54, 1.807) is 42.5 Å². The number of anilines is 1. The Balaban J connectivity index is 1.93. The van der Waals surface area contributed by atoms with Crippen LogP contribution in [0.15, 0.2) is 72.3 Å². The van der Waals surface area contributed by atoms with Gasteiger partial charge in [-0.05, 0) is 47.9 Å². The van der Waals surface area contributed by atoms with E-state index in [2.05, 4.69) is 0 Å². The average Bonchev–Trinajstić information content (AvgIpc) is 3.18. The van der Waals surface area contributed by atoms with E-state index in [9.17, 15) is 19.5 Å². The third kappa shape index (κ3) is 4.65. The summed E-state index contributed by atoms with van der Waals surface area (Å²) in [4.78, 5) is 40.0. The van der Waals surface area contributed by atoms with Crippen LogP contribution in [0.3, 0.4) is 0 Å². The zero-order valence-electron chi connectivity index (χ0n) is 21.0. The van der Waals surface area contributed by atoms with Crippen molar-refractivity contribution < 1.29 is 33.7 Å². The monoisotopic (exact) mass is 501 g/mol. The van der Waals surface area contributed by atoms with Crippen molar-refractivity contribution in [1.29, 1.82) is 0 Å². The second kappa shape index (κ2) is 10.6. The van der Waals surface area contributed by atoms with Gasteiger partial charge in [0.1, 0.15) is 22.8 Å². The number of amides is 1. The number of ether oxygens (including phenoxy) is 3. The van der Waals surface area contributed by atoms with E-state index in [0.29, 0.717) is 28.3 Å². The first-order chi connectivity index (χ1) is 17.8. The van der Waals surface area contributed by atoms with Gasteiger partial charge in [-0.3, -0.25) is 19.3 Å². The predicted molar refractivity (Wildman–Crippen MR) is 138 cm³/mol. The summed E-state index contributed by atoms with van der Waals surface area (Å²) >= 11 is 0. The first-order valence-electron chi connectivity index (χ1n) is 11.6. The Kier molecular flexibility index (Phi) is 7.29. The van der Waals surface area contributed by atoms with Crippen LogP contribution in [0.5, 0.6) is 11.5 Å². The van der Waals surface area contributed by atoms with Gasteiger partial charge < -0.3 is 19.3 Å². The van der Waals surface area contributed by atoms with Crippen LogP contribution in [-0.2, 0) is 25.5 Å². The fraction of sp³-hybridized carbons (Fsp3) is 0.207. The molecule has 1 fully saturated rings. The lowest BCUT2D eigenvalue weighted by Crippen LogP contribution is -2.29. The molecule has 3 aromatic rings. The number of hydrogen-bond acceptors (Lipinski definition) is 7. The van der Waals surface area contributed by atoms with E-state index in [0.717, 1.165) is 5.56 Å². The molecule has 1 saturated heterocycles. The molecule has 0 spiro atoms. The number of aliphatic hydroxyl groups excluding tert-OH is 1. The van der Waals surface area contributed by atoms with Gasteiger partial charge in [0.2, 0.25) is 0 Å². The highest BCUT2D eigenvalue weighted by molar-refractivity contribution is 6.51. The third-order valence-electron chi connectivity index (χ3n) is 6.38. The Hall–Kier alpha value is -4.59. The molecule has 0 bridgehead atoms. The van der Waals surface area contributed by atoms with E-state index in [-0.39, 0.29) is 23.5 Å². The van der Waals surface area contributed by atoms with Crippen molar-refractivity contribution in [2.45, 2.75) is 19.4 Å². The van der Waals surface area contributed by atoms with Crippen molar-refractivity contribution in [2.75, 3.05) is 26.2 Å². The number of benzene rings is 3. The quantitative estimate of drug-likeness (QED) is 0.222. The van der Waals surface area contributed by atoms with Gasteiger partial charge >= 0.3 is 5.97 Å². The normalized spacial score (nSPS) is 16.5. The van der Waals surface area contributed by atoms with Gasteiger partial charge in [-0.15, -0.1) is 0 Å². The summed E-state index contributed by atoms with van der Waals surface area (Å²) in [5.41, 5.74) is 2.74. The molecule has 4 rings (SSSR count). The fourth-order valence-electron chi connectivity index (χ4n) is 4.52. The summed E-state index contributed by atoms with van der Waals surface area (Å²) < 4.78 is 15.6. The highest BCUT2D eigenvalue weighted by Gasteiger charge is 2.48. The molecule has 0 aliphatic carbocycles. The molecule has 8 heteroatoms. The molecule has 0 aromatic heterocycles. The molecule has 1 aliphatic rings. The molecule has 1 unspecified atom stereocenters. The Labute approximate surface area is 214 Å². The van der Waals surface area contributed by atoms with Gasteiger partial charge in [-0.1, -0.05) is 42.5 Å². The van der Waals surface area contributed by atoms with Crippen LogP contribution in [0.4, 0.5) is 5.69 Å². The topological polar surface area (TPSA) is 102 Å². The number of Topliss-reactive ketones (excluding diaryl/α,β-unsaturated/α-hetero) is 1. The molecular weight excluding hydrogens is 474 g/mol. The smallest absolute Gasteiger partial charge is 0.309 e. The second-order valence-corrected chi connectivity index (χ2v) is 8.48. The van der Waals surface area contributed by atoms with Crippen molar-refractivity contribution in [2.24, 2.45) is 0 Å². The maximum atomic E-state index is 13.5. The number of nitrogens with zero attached hydrogens (tertiary/aromatic N) is 1. The van der Waals surface area contributed by atoms with Crippen LogP contribution in [0, 0.1) is 6.92 Å². The highest BCUT2D eigenvalue weighted by atomic mass is 16.5. The average molecular weight is 502 g/mol. The maximum absolute atomic E-state index is 13.5. The minimum atomic E-state index is -0.915. The van der Waals surface area contributed by atoms with Crippen LogP contribution in [0.2, 0.25) is 0 Å². The lowest BCUT2D eigenvalue weighted by atomic mass is 9.92. The number of carbonyl (C=O) groups is 3. The molecule has 1 N–H and O–H groups in total. The maximum Gasteiger partial charge on any atom is 0.309 e. The van der Waals surface area contributed by atoms with Crippen LogP contribution in [0.1, 0.15) is 28.3 Å². The molecule has 190 valence electrons. The highest BCUT2D eigenvalue weighted by Crippen LogP contribution is 2.45. The lowest BCUT2D eigenvalue weighted by Gasteiger charge is -2.27. The van der Waals surface area contributed by atoms with Crippen molar-refractivity contribution in [1.82, 2.24) is 0 Å². The van der Waals surface area contributed by atoms with Crippen LogP contribution in [0.25, 0.3) is 5.76 Å². The first kappa shape index (κ1) is 25.5. The summed E-state index contributed by atoms with van der Waals surface area (Å²) in [6.07, 6.45) is 0.0738. The minimum absolute atomic E-state index is 0.0738. The Morgan fingerprint density at radius 2 is 1.51 bits per heavy atom. The SMILES string of the molecule is COC(=O)Cc1ccc(N2C(=O)C(=O)/C(=C(/O)c3c(OC)cccc3OC)C2c2ccccc2C)cc1. The molecule has 1 atom stereocenters. The van der Waals surface area contributed by atoms with Gasteiger partial charge in [-0.2, -0.15) is 0 Å². The summed E-state index contributed by atoms with van der Waals surface area (Å²) in [6, 6.07) is 18.1. The van der Waals surface area contributed by atoms with Crippen molar-refractivity contribution in [3.05, 3.63) is 94.6 Å². The van der Waals surface area contributed by atoms with Crippen molar-refractivity contribution >= 4 is 29.1 Å². The van der Waals surface area contributed by atoms with E-state index < -0.39 is 23.5 Å². The molecule has 1 amide bonds. The van der Waals surface area contributed by atoms with Gasteiger partial charge in [0.15, 0.2) is 0 Å². The zero-order valence-corrected chi connectivity index (χ0v) is 21.0. The summed E-state index contributed by atoms with van der Waals surface area (Å²) in [5, 5.41) is 11.6. The summed E-state index contributed by atoms with van der Waals surface area (Å²) in [7, 11) is 4.20. The van der Waals surface area contributed by atoms with Gasteiger partial charge in [0.05, 0.1) is 39.4 Å². The molecule has 1 aliphatic heterocycles. The number of carbonyl (C=O) groups excluding carboxylic acids is 3. The Morgan fingerprint density at radius 3 is 2.08 bits per heavy atom. The standard InChI is InChI=1S/C29H27NO7/c1-17-8-5-6-9-20(17)26-25(27(32)24-21(35-2)10-7-11-22(24)36-3)28(33)29(34)30(26)19-14-12-18(13-15-19)16-23(31)37-4/h5-15,26,32H,16H2,1-4H3/b27-25+. The van der Waals surface area contributed by atoms with E-state index in [1.807, 2.05) is 31.2 Å². The first-order valence-corrected chi connectivity index (χ1v) is 11.6. The van der Waals surface area contributed by atoms with Crippen LogP contribution < -0.4 is 14.4 Å². The predicted octanol–water partition coefficient (Wildman–Crippen LogP) is 4.35. The van der Waals surface area contributed by atoms with Crippen LogP contribution >= 0.6 is 0 Å². The van der Waals surface area contributed by atoms with E-state index >= 15 is 0 Å². The van der Waals surface area contributed by atoms with Crippen LogP contribution in [-0.4, -0.2) is 44.1 Å². The van der Waals surface area contributed by atoms with Gasteiger partial charge in [-0.25, -0.2) is 0 Å². The molecule has 0 saturated carbocycles. The summed E-state index contributed by atoms with van der Waals surface area (Å²) in [6.45, 7) is 1.87. The molecular formula is C29H27NO7. The molecule has 37 heavy (non-hydrogen) atoms.